The Kier molecular flexibility index (Phi) is 6.20. The topological polar surface area (TPSA) is 106 Å². The van der Waals surface area contributed by atoms with Crippen molar-refractivity contribution in [3.05, 3.63) is 89.6 Å². The maximum atomic E-state index is 13.2. The van der Waals surface area contributed by atoms with Gasteiger partial charge >= 0.3 is 6.01 Å². The summed E-state index contributed by atoms with van der Waals surface area (Å²) in [6, 6.07) is 21.7. The maximum absolute atomic E-state index is 13.2. The number of rotatable bonds is 5. The minimum Gasteiger partial charge on any atom is -0.403 e. The van der Waals surface area contributed by atoms with Crippen molar-refractivity contribution in [1.29, 1.82) is 0 Å². The molecule has 186 valence electrons. The summed E-state index contributed by atoms with van der Waals surface area (Å²) in [6.45, 7) is 4.07. The second-order valence-electron chi connectivity index (χ2n) is 9.10. The van der Waals surface area contributed by atoms with Crippen LogP contribution in [0.3, 0.4) is 0 Å². The van der Waals surface area contributed by atoms with Crippen LogP contribution in [0, 0.1) is 0 Å². The van der Waals surface area contributed by atoms with E-state index in [1.165, 1.54) is 0 Å². The van der Waals surface area contributed by atoms with Gasteiger partial charge in [0, 0.05) is 30.3 Å². The number of ether oxygens (including phenoxy) is 1. The average molecular weight is 495 g/mol. The smallest absolute Gasteiger partial charge is 0.317 e. The van der Waals surface area contributed by atoms with Crippen molar-refractivity contribution < 1.29 is 13.9 Å². The molecule has 1 fully saturated rings. The number of nitrogens with one attached hydrogen (secondary N) is 1. The number of ketones is 1. The third-order valence-electron chi connectivity index (χ3n) is 6.59. The summed E-state index contributed by atoms with van der Waals surface area (Å²) < 4.78 is 11.6. The molecule has 2 aliphatic heterocycles. The van der Waals surface area contributed by atoms with E-state index in [-0.39, 0.29) is 24.3 Å². The molecule has 2 aromatic carbocycles. The molecule has 4 aromatic rings. The summed E-state index contributed by atoms with van der Waals surface area (Å²) in [5.74, 6) is 1.00. The van der Waals surface area contributed by atoms with Crippen molar-refractivity contribution >= 4 is 23.3 Å². The lowest BCUT2D eigenvalue weighted by molar-refractivity contribution is -0.119. The molecule has 1 N–H and O–H groups in total. The summed E-state index contributed by atoms with van der Waals surface area (Å²) in [7, 11) is 0. The molecule has 0 amide bonds. The largest absolute Gasteiger partial charge is 0.403 e. The van der Waals surface area contributed by atoms with Crippen molar-refractivity contribution in [2.75, 3.05) is 30.0 Å². The van der Waals surface area contributed by atoms with E-state index in [4.69, 9.17) is 14.1 Å². The SMILES string of the molecule is C[C@@H]1COCCN1c1ncccc1-c1nnc(N[C@H]2N=C(c3ccccc3)c3ccccc3CC2=O)o1. The predicted molar refractivity (Wildman–Crippen MR) is 140 cm³/mol. The Morgan fingerprint density at radius 2 is 1.78 bits per heavy atom. The molecule has 4 heterocycles. The number of hydrogen-bond acceptors (Lipinski definition) is 9. The number of aromatic nitrogens is 3. The molecule has 0 saturated carbocycles. The van der Waals surface area contributed by atoms with Crippen LogP contribution in [-0.4, -0.2) is 58.6 Å². The normalized spacial score (nSPS) is 19.6. The van der Waals surface area contributed by atoms with Crippen LogP contribution >= 0.6 is 0 Å². The first kappa shape index (κ1) is 23.1. The first-order chi connectivity index (χ1) is 18.2. The van der Waals surface area contributed by atoms with Crippen molar-refractivity contribution in [1.82, 2.24) is 15.2 Å². The zero-order valence-corrected chi connectivity index (χ0v) is 20.4. The molecule has 0 unspecified atom stereocenters. The molecular formula is C28H26N6O3. The van der Waals surface area contributed by atoms with E-state index in [0.29, 0.717) is 19.1 Å². The monoisotopic (exact) mass is 494 g/mol. The molecule has 2 aromatic heterocycles. The minimum absolute atomic E-state index is 0.0812. The van der Waals surface area contributed by atoms with Crippen molar-refractivity contribution in [3.8, 4) is 11.5 Å². The third-order valence-corrected chi connectivity index (χ3v) is 6.59. The van der Waals surface area contributed by atoms with E-state index < -0.39 is 6.17 Å². The Balaban J connectivity index is 1.32. The van der Waals surface area contributed by atoms with E-state index in [1.807, 2.05) is 66.7 Å². The minimum atomic E-state index is -0.872. The Bertz CT molecular complexity index is 1450. The summed E-state index contributed by atoms with van der Waals surface area (Å²) >= 11 is 0. The summed E-state index contributed by atoms with van der Waals surface area (Å²) in [5.41, 5.74) is 4.28. The van der Waals surface area contributed by atoms with Crippen molar-refractivity contribution in [2.45, 2.75) is 25.6 Å². The maximum Gasteiger partial charge on any atom is 0.317 e. The molecule has 2 atom stereocenters. The van der Waals surface area contributed by atoms with Gasteiger partial charge in [0.05, 0.1) is 30.5 Å². The Morgan fingerprint density at radius 1 is 0.973 bits per heavy atom. The molecular weight excluding hydrogens is 468 g/mol. The molecule has 0 radical (unpaired) electrons. The molecule has 2 aliphatic rings. The molecule has 0 bridgehead atoms. The first-order valence-corrected chi connectivity index (χ1v) is 12.3. The van der Waals surface area contributed by atoms with Crippen LogP contribution in [0.15, 0.2) is 82.3 Å². The van der Waals surface area contributed by atoms with Gasteiger partial charge in [-0.1, -0.05) is 59.7 Å². The fourth-order valence-corrected chi connectivity index (χ4v) is 4.74. The number of aliphatic imine (C=N–C) groups is 1. The van der Waals surface area contributed by atoms with E-state index in [1.54, 1.807) is 6.20 Å². The van der Waals surface area contributed by atoms with E-state index in [0.717, 1.165) is 40.3 Å². The van der Waals surface area contributed by atoms with Crippen LogP contribution in [-0.2, 0) is 16.0 Å². The van der Waals surface area contributed by atoms with Gasteiger partial charge in [-0.3, -0.25) is 9.79 Å². The standard InChI is InChI=1S/C28H26N6O3/c1-18-17-36-15-14-34(18)26-22(12-7-13-29-26)27-32-33-28(37-27)31-25-23(35)16-20-10-5-6-11-21(20)24(30-25)19-8-3-2-4-9-19/h2-13,18,25H,14-17H2,1H3,(H,31,33)/t18-,25-/m1/s1. The molecule has 0 aliphatic carbocycles. The number of anilines is 2. The van der Waals surface area contributed by atoms with Gasteiger partial charge in [0.25, 0.3) is 5.89 Å². The lowest BCUT2D eigenvalue weighted by Crippen LogP contribution is -2.44. The number of Topliss-reactive ketones (excluding diaryl/α,β-unsaturated/α-hetero) is 1. The lowest BCUT2D eigenvalue weighted by atomic mass is 9.96. The van der Waals surface area contributed by atoms with Crippen LogP contribution in [0.5, 0.6) is 0 Å². The van der Waals surface area contributed by atoms with E-state index in [2.05, 4.69) is 32.3 Å². The number of nitrogens with zero attached hydrogens (tertiary/aromatic N) is 5. The molecule has 6 rings (SSSR count). The van der Waals surface area contributed by atoms with Crippen molar-refractivity contribution in [2.24, 2.45) is 4.99 Å². The van der Waals surface area contributed by atoms with Crippen LogP contribution in [0.25, 0.3) is 11.5 Å². The molecule has 37 heavy (non-hydrogen) atoms. The predicted octanol–water partition coefficient (Wildman–Crippen LogP) is 3.76. The molecule has 9 nitrogen and oxygen atoms in total. The van der Waals surface area contributed by atoms with Gasteiger partial charge in [-0.25, -0.2) is 4.98 Å². The van der Waals surface area contributed by atoms with Crippen LogP contribution in [0.4, 0.5) is 11.8 Å². The van der Waals surface area contributed by atoms with Crippen molar-refractivity contribution in [3.63, 3.8) is 0 Å². The van der Waals surface area contributed by atoms with Gasteiger partial charge in [-0.05, 0) is 24.6 Å². The van der Waals surface area contributed by atoms with E-state index in [9.17, 15) is 4.79 Å². The number of benzene rings is 2. The van der Waals surface area contributed by atoms with Gasteiger partial charge < -0.3 is 19.4 Å². The highest BCUT2D eigenvalue weighted by atomic mass is 16.5. The average Bonchev–Trinajstić information content (AvgIpc) is 3.35. The quantitative estimate of drug-likeness (QED) is 0.447. The third kappa shape index (κ3) is 4.61. The fourth-order valence-electron chi connectivity index (χ4n) is 4.74. The number of pyridine rings is 1. The zero-order valence-electron chi connectivity index (χ0n) is 20.4. The summed E-state index contributed by atoms with van der Waals surface area (Å²) in [6.07, 6.45) is 1.12. The van der Waals surface area contributed by atoms with Crippen LogP contribution in [0.1, 0.15) is 23.6 Å². The second-order valence-corrected chi connectivity index (χ2v) is 9.10. The second kappa shape index (κ2) is 9.94. The molecule has 1 saturated heterocycles. The summed E-state index contributed by atoms with van der Waals surface area (Å²) in [5, 5.41) is 11.5. The highest BCUT2D eigenvalue weighted by Crippen LogP contribution is 2.31. The fraction of sp³-hybridized carbons (Fsp3) is 0.250. The van der Waals surface area contributed by atoms with Gasteiger partial charge in [0.15, 0.2) is 11.9 Å². The molecule has 9 heteroatoms. The van der Waals surface area contributed by atoms with Crippen LogP contribution < -0.4 is 10.2 Å². The number of carbonyl (C=O) groups excluding carboxylic acids is 1. The zero-order chi connectivity index (χ0) is 25.2. The Morgan fingerprint density at radius 3 is 2.65 bits per heavy atom. The number of fused-ring (bicyclic) bond motifs is 1. The van der Waals surface area contributed by atoms with Gasteiger partial charge in [-0.15, -0.1) is 5.10 Å². The number of morpholine rings is 1. The number of hydrogen-bond donors (Lipinski definition) is 1. The lowest BCUT2D eigenvalue weighted by Gasteiger charge is -2.34. The Labute approximate surface area is 214 Å². The van der Waals surface area contributed by atoms with Gasteiger partial charge in [-0.2, -0.15) is 0 Å². The highest BCUT2D eigenvalue weighted by molar-refractivity contribution is 6.16. The summed E-state index contributed by atoms with van der Waals surface area (Å²) in [4.78, 5) is 24.9. The van der Waals surface area contributed by atoms with Gasteiger partial charge in [0.1, 0.15) is 5.82 Å². The van der Waals surface area contributed by atoms with E-state index >= 15 is 0 Å². The number of carbonyl (C=O) groups is 1. The van der Waals surface area contributed by atoms with Crippen LogP contribution in [0.2, 0.25) is 0 Å². The van der Waals surface area contributed by atoms with Gasteiger partial charge in [0.2, 0.25) is 0 Å². The Hall–Kier alpha value is -4.37. The first-order valence-electron chi connectivity index (χ1n) is 12.3. The molecule has 0 spiro atoms. The highest BCUT2D eigenvalue weighted by Gasteiger charge is 2.28.